The van der Waals surface area contributed by atoms with Crippen LogP contribution in [0, 0.1) is 13.8 Å². The number of nitrogens with zero attached hydrogens (tertiary/aromatic N) is 6. The van der Waals surface area contributed by atoms with Gasteiger partial charge in [-0.15, -0.1) is 5.10 Å². The highest BCUT2D eigenvalue weighted by atomic mass is 16.1. The Hall–Kier alpha value is -2.58. The Morgan fingerprint density at radius 3 is 2.52 bits per heavy atom. The molecule has 4 rings (SSSR count). The average molecular weight is 396 g/mol. The van der Waals surface area contributed by atoms with Crippen LogP contribution in [0.4, 0.5) is 0 Å². The second-order valence-electron chi connectivity index (χ2n) is 8.34. The molecule has 0 saturated carbocycles. The van der Waals surface area contributed by atoms with Crippen molar-refractivity contribution in [2.75, 3.05) is 33.2 Å². The molecule has 2 aromatic heterocycles. The van der Waals surface area contributed by atoms with E-state index < -0.39 is 0 Å². The Labute approximate surface area is 170 Å². The van der Waals surface area contributed by atoms with Crippen LogP contribution in [0.15, 0.2) is 23.0 Å². The number of hydrogen-bond acceptors (Lipinski definition) is 6. The molecule has 0 amide bonds. The summed E-state index contributed by atoms with van der Waals surface area (Å²) in [5, 5.41) is 13.5. The van der Waals surface area contributed by atoms with E-state index in [-0.39, 0.29) is 17.6 Å². The predicted octanol–water partition coefficient (Wildman–Crippen LogP) is 2.05. The Bertz CT molecular complexity index is 1080. The van der Waals surface area contributed by atoms with Crippen LogP contribution in [0.25, 0.3) is 10.9 Å². The number of tetrazole rings is 1. The fourth-order valence-electron chi connectivity index (χ4n) is 4.07. The number of rotatable bonds is 4. The van der Waals surface area contributed by atoms with E-state index in [2.05, 4.69) is 70.3 Å². The summed E-state index contributed by atoms with van der Waals surface area (Å²) in [5.74, 6) is 0.721. The zero-order valence-corrected chi connectivity index (χ0v) is 17.8. The van der Waals surface area contributed by atoms with Crippen LogP contribution in [-0.4, -0.2) is 68.2 Å². The molecule has 8 nitrogen and oxygen atoms in total. The number of hydrogen-bond donors (Lipinski definition) is 1. The molecule has 3 heterocycles. The minimum absolute atomic E-state index is 0.0755. The number of aromatic nitrogens is 5. The maximum atomic E-state index is 13.3. The van der Waals surface area contributed by atoms with Gasteiger partial charge in [-0.3, -0.25) is 9.69 Å². The molecule has 1 aliphatic heterocycles. The van der Waals surface area contributed by atoms with Gasteiger partial charge in [-0.05, 0) is 67.7 Å². The number of fused-ring (bicyclic) bond motifs is 1. The number of piperazine rings is 1. The molecule has 29 heavy (non-hydrogen) atoms. The molecule has 1 aliphatic rings. The van der Waals surface area contributed by atoms with Gasteiger partial charge in [0.2, 0.25) is 0 Å². The number of likely N-dealkylation sites (N-methyl/N-ethyl adjacent to an activating group) is 1. The topological polar surface area (TPSA) is 82.9 Å². The van der Waals surface area contributed by atoms with E-state index in [1.54, 1.807) is 0 Å². The molecular weight excluding hydrogens is 366 g/mol. The molecule has 154 valence electrons. The molecule has 0 radical (unpaired) electrons. The Kier molecular flexibility index (Phi) is 5.23. The smallest absolute Gasteiger partial charge is 0.253 e. The Balaban J connectivity index is 1.89. The van der Waals surface area contributed by atoms with Crippen molar-refractivity contribution in [1.29, 1.82) is 0 Å². The molecule has 0 unspecified atom stereocenters. The lowest BCUT2D eigenvalue weighted by Gasteiger charge is -2.37. The quantitative estimate of drug-likeness (QED) is 0.728. The summed E-state index contributed by atoms with van der Waals surface area (Å²) in [4.78, 5) is 21.0. The molecular formula is C21H29N7O. The van der Waals surface area contributed by atoms with Crippen molar-refractivity contribution in [3.63, 3.8) is 0 Å². The fraction of sp³-hybridized carbons (Fsp3) is 0.524. The van der Waals surface area contributed by atoms with Crippen molar-refractivity contribution < 1.29 is 0 Å². The molecule has 1 aromatic carbocycles. The van der Waals surface area contributed by atoms with Crippen molar-refractivity contribution in [2.24, 2.45) is 0 Å². The van der Waals surface area contributed by atoms with Gasteiger partial charge in [0.05, 0.1) is 11.6 Å². The zero-order chi connectivity index (χ0) is 20.7. The monoisotopic (exact) mass is 395 g/mol. The summed E-state index contributed by atoms with van der Waals surface area (Å²) in [6.45, 7) is 11.8. The summed E-state index contributed by atoms with van der Waals surface area (Å²) >= 11 is 0. The van der Waals surface area contributed by atoms with Gasteiger partial charge in [-0.25, -0.2) is 4.68 Å². The molecule has 0 spiro atoms. The van der Waals surface area contributed by atoms with Crippen molar-refractivity contribution >= 4 is 10.9 Å². The minimum Gasteiger partial charge on any atom is -0.321 e. The highest BCUT2D eigenvalue weighted by Gasteiger charge is 2.32. The number of benzene rings is 1. The third kappa shape index (κ3) is 3.58. The summed E-state index contributed by atoms with van der Waals surface area (Å²) in [6, 6.07) is 6.02. The first-order valence-corrected chi connectivity index (χ1v) is 10.2. The number of H-pyrrole nitrogens is 1. The highest BCUT2D eigenvalue weighted by Crippen LogP contribution is 2.29. The van der Waals surface area contributed by atoms with E-state index >= 15 is 0 Å². The van der Waals surface area contributed by atoms with Gasteiger partial charge < -0.3 is 9.88 Å². The maximum absolute atomic E-state index is 13.3. The molecule has 0 bridgehead atoms. The summed E-state index contributed by atoms with van der Waals surface area (Å²) in [5.41, 5.74) is 3.80. The van der Waals surface area contributed by atoms with Crippen LogP contribution in [0.1, 0.15) is 48.4 Å². The predicted molar refractivity (Wildman–Crippen MR) is 113 cm³/mol. The lowest BCUT2D eigenvalue weighted by Crippen LogP contribution is -2.47. The number of aryl methyl sites for hydroxylation is 2. The molecule has 1 N–H and O–H groups in total. The van der Waals surface area contributed by atoms with Crippen LogP contribution in [0.5, 0.6) is 0 Å². The van der Waals surface area contributed by atoms with Gasteiger partial charge in [-0.1, -0.05) is 12.1 Å². The van der Waals surface area contributed by atoms with E-state index in [9.17, 15) is 4.79 Å². The maximum Gasteiger partial charge on any atom is 0.253 e. The molecule has 0 aliphatic carbocycles. The Morgan fingerprint density at radius 2 is 1.83 bits per heavy atom. The first-order valence-electron chi connectivity index (χ1n) is 10.2. The second-order valence-corrected chi connectivity index (χ2v) is 8.34. The number of pyridine rings is 1. The third-order valence-corrected chi connectivity index (χ3v) is 6.03. The second kappa shape index (κ2) is 7.68. The van der Waals surface area contributed by atoms with Gasteiger partial charge >= 0.3 is 0 Å². The standard InChI is InChI=1S/C21H29N7O/c1-13(2)28-20(23-24-25-28)19(27-10-8-26(5)9-11-27)17-12-16-7-6-14(3)15(4)18(16)22-21(17)29/h6-7,12-13,19H,8-11H2,1-5H3,(H,22,29)/t19-/m1/s1. The van der Waals surface area contributed by atoms with Crippen LogP contribution < -0.4 is 5.56 Å². The van der Waals surface area contributed by atoms with Gasteiger partial charge in [0.25, 0.3) is 5.56 Å². The van der Waals surface area contributed by atoms with Gasteiger partial charge in [0.15, 0.2) is 5.82 Å². The zero-order valence-electron chi connectivity index (χ0n) is 17.8. The van der Waals surface area contributed by atoms with Crippen LogP contribution in [0.2, 0.25) is 0 Å². The van der Waals surface area contributed by atoms with E-state index in [0.717, 1.165) is 48.5 Å². The molecule has 8 heteroatoms. The van der Waals surface area contributed by atoms with Crippen LogP contribution in [-0.2, 0) is 0 Å². The van der Waals surface area contributed by atoms with E-state index in [4.69, 9.17) is 0 Å². The highest BCUT2D eigenvalue weighted by molar-refractivity contribution is 5.83. The first-order chi connectivity index (χ1) is 13.9. The lowest BCUT2D eigenvalue weighted by molar-refractivity contribution is 0.120. The molecule has 3 aromatic rings. The first kappa shape index (κ1) is 19.7. The van der Waals surface area contributed by atoms with Crippen molar-refractivity contribution in [3.8, 4) is 0 Å². The molecule has 1 saturated heterocycles. The lowest BCUT2D eigenvalue weighted by atomic mass is 9.99. The summed E-state index contributed by atoms with van der Waals surface area (Å²) in [6.07, 6.45) is 0. The average Bonchev–Trinajstić information content (AvgIpc) is 3.17. The van der Waals surface area contributed by atoms with E-state index in [0.29, 0.717) is 5.56 Å². The van der Waals surface area contributed by atoms with Crippen LogP contribution >= 0.6 is 0 Å². The summed E-state index contributed by atoms with van der Waals surface area (Å²) < 4.78 is 1.83. The van der Waals surface area contributed by atoms with E-state index in [1.165, 1.54) is 5.56 Å². The van der Waals surface area contributed by atoms with E-state index in [1.807, 2.05) is 17.7 Å². The van der Waals surface area contributed by atoms with Crippen molar-refractivity contribution in [3.05, 3.63) is 51.1 Å². The van der Waals surface area contributed by atoms with Crippen LogP contribution in [0.3, 0.4) is 0 Å². The number of nitrogens with one attached hydrogen (secondary N) is 1. The SMILES string of the molecule is Cc1ccc2cc([C@H](c3nnnn3C(C)C)N3CCN(C)CC3)c(=O)[nH]c2c1C. The molecule has 1 fully saturated rings. The Morgan fingerprint density at radius 1 is 1.10 bits per heavy atom. The third-order valence-electron chi connectivity index (χ3n) is 6.03. The molecule has 1 atom stereocenters. The fourth-order valence-corrected chi connectivity index (χ4v) is 4.07. The van der Waals surface area contributed by atoms with Crippen molar-refractivity contribution in [2.45, 2.75) is 39.8 Å². The van der Waals surface area contributed by atoms with Gasteiger partial charge in [-0.2, -0.15) is 0 Å². The minimum atomic E-state index is -0.282. The summed E-state index contributed by atoms with van der Waals surface area (Å²) in [7, 11) is 2.12. The number of aromatic amines is 1. The van der Waals surface area contributed by atoms with Crippen molar-refractivity contribution in [1.82, 2.24) is 35.0 Å². The normalized spacial score (nSPS) is 17.3. The van der Waals surface area contributed by atoms with Gasteiger partial charge in [0, 0.05) is 31.7 Å². The largest absolute Gasteiger partial charge is 0.321 e. The van der Waals surface area contributed by atoms with Gasteiger partial charge in [0.1, 0.15) is 6.04 Å².